The van der Waals surface area contributed by atoms with Crippen LogP contribution in [0.2, 0.25) is 0 Å². The average Bonchev–Trinajstić information content (AvgIpc) is 2.96. The number of aryl methyl sites for hydroxylation is 1. The summed E-state index contributed by atoms with van der Waals surface area (Å²) in [5.41, 5.74) is 7.02. The maximum Gasteiger partial charge on any atom is 0.375 e. The maximum absolute atomic E-state index is 12.5. The van der Waals surface area contributed by atoms with Crippen molar-refractivity contribution in [1.29, 1.82) is 0 Å². The Bertz CT molecular complexity index is 930. The minimum Gasteiger partial charge on any atom is -0.497 e. The number of methoxy groups -OCH3 is 1. The first-order valence-corrected chi connectivity index (χ1v) is 7.63. The van der Waals surface area contributed by atoms with Gasteiger partial charge in [-0.2, -0.15) is 0 Å². The Hall–Kier alpha value is -3.28. The van der Waals surface area contributed by atoms with E-state index in [0.29, 0.717) is 22.5 Å². The summed E-state index contributed by atoms with van der Waals surface area (Å²) in [5, 5.41) is 0.738. The van der Waals surface area contributed by atoms with Crippen molar-refractivity contribution in [3.8, 4) is 5.75 Å². The summed E-state index contributed by atoms with van der Waals surface area (Å²) in [6, 6.07) is 13.8. The van der Waals surface area contributed by atoms with Gasteiger partial charge in [-0.25, -0.2) is 4.79 Å². The lowest BCUT2D eigenvalue weighted by Gasteiger charge is -2.14. The molecule has 3 rings (SSSR count). The third kappa shape index (κ3) is 3.19. The van der Waals surface area contributed by atoms with Crippen molar-refractivity contribution in [2.24, 2.45) is 5.73 Å². The number of carbonyl (C=O) groups excluding carboxylic acids is 2. The van der Waals surface area contributed by atoms with Crippen LogP contribution < -0.4 is 10.5 Å². The van der Waals surface area contributed by atoms with Crippen LogP contribution in [0, 0.1) is 6.92 Å². The van der Waals surface area contributed by atoms with Gasteiger partial charge in [0.15, 0.2) is 0 Å². The second-order valence-electron chi connectivity index (χ2n) is 5.52. The van der Waals surface area contributed by atoms with Crippen molar-refractivity contribution < 1.29 is 23.5 Å². The molecule has 0 aliphatic heterocycles. The molecule has 25 heavy (non-hydrogen) atoms. The lowest BCUT2D eigenvalue weighted by atomic mass is 10.1. The van der Waals surface area contributed by atoms with E-state index in [1.165, 1.54) is 0 Å². The molecular weight excluding hydrogens is 322 g/mol. The Kier molecular flexibility index (Phi) is 4.43. The quantitative estimate of drug-likeness (QED) is 0.721. The van der Waals surface area contributed by atoms with Crippen LogP contribution in [0.1, 0.15) is 27.8 Å². The molecule has 6 heteroatoms. The number of esters is 1. The third-order valence-corrected chi connectivity index (χ3v) is 3.91. The van der Waals surface area contributed by atoms with Crippen LogP contribution in [0.25, 0.3) is 11.0 Å². The van der Waals surface area contributed by atoms with Crippen molar-refractivity contribution in [3.63, 3.8) is 0 Å². The van der Waals surface area contributed by atoms with E-state index >= 15 is 0 Å². The van der Waals surface area contributed by atoms with Gasteiger partial charge in [0.1, 0.15) is 11.3 Å². The highest BCUT2D eigenvalue weighted by molar-refractivity contribution is 5.97. The molecule has 0 saturated carbocycles. The summed E-state index contributed by atoms with van der Waals surface area (Å²) < 4.78 is 16.1. The van der Waals surface area contributed by atoms with Gasteiger partial charge in [0, 0.05) is 16.5 Å². The normalized spacial score (nSPS) is 11.9. The Morgan fingerprint density at radius 2 is 1.84 bits per heavy atom. The third-order valence-electron chi connectivity index (χ3n) is 3.91. The molecule has 3 aromatic rings. The van der Waals surface area contributed by atoms with Crippen LogP contribution in [-0.4, -0.2) is 19.0 Å². The molecule has 0 aliphatic carbocycles. The average molecular weight is 339 g/mol. The number of amides is 1. The number of benzene rings is 2. The van der Waals surface area contributed by atoms with Gasteiger partial charge in [0.25, 0.3) is 5.91 Å². The monoisotopic (exact) mass is 339 g/mol. The van der Waals surface area contributed by atoms with Gasteiger partial charge in [-0.3, -0.25) is 4.79 Å². The Morgan fingerprint density at radius 1 is 1.12 bits per heavy atom. The van der Waals surface area contributed by atoms with Crippen molar-refractivity contribution >= 4 is 22.8 Å². The second kappa shape index (κ2) is 6.68. The van der Waals surface area contributed by atoms with E-state index in [1.54, 1.807) is 62.6 Å². The molecule has 1 atom stereocenters. The van der Waals surface area contributed by atoms with Gasteiger partial charge in [0.2, 0.25) is 11.9 Å². The molecule has 2 aromatic carbocycles. The fourth-order valence-electron chi connectivity index (χ4n) is 2.60. The molecule has 2 N–H and O–H groups in total. The molecular formula is C19H17NO5. The highest BCUT2D eigenvalue weighted by Crippen LogP contribution is 2.30. The number of furan rings is 1. The summed E-state index contributed by atoms with van der Waals surface area (Å²) in [5.74, 6) is -0.823. The molecule has 0 unspecified atom stereocenters. The molecule has 6 nitrogen and oxygen atoms in total. The molecule has 128 valence electrons. The Balaban J connectivity index is 1.93. The number of primary amides is 1. The van der Waals surface area contributed by atoms with Crippen molar-refractivity contribution in [2.45, 2.75) is 13.0 Å². The zero-order valence-corrected chi connectivity index (χ0v) is 13.8. The van der Waals surface area contributed by atoms with Crippen molar-refractivity contribution in [3.05, 3.63) is 65.4 Å². The van der Waals surface area contributed by atoms with Crippen molar-refractivity contribution in [2.75, 3.05) is 7.11 Å². The van der Waals surface area contributed by atoms with Crippen LogP contribution in [0.5, 0.6) is 5.75 Å². The van der Waals surface area contributed by atoms with E-state index in [-0.39, 0.29) is 5.76 Å². The lowest BCUT2D eigenvalue weighted by molar-refractivity contribution is -0.127. The van der Waals surface area contributed by atoms with E-state index in [1.807, 2.05) is 0 Å². The van der Waals surface area contributed by atoms with Crippen LogP contribution in [0.4, 0.5) is 0 Å². The van der Waals surface area contributed by atoms with Crippen LogP contribution in [0.3, 0.4) is 0 Å². The molecule has 0 fully saturated rings. The number of ether oxygens (including phenoxy) is 2. The number of fused-ring (bicyclic) bond motifs is 1. The number of carbonyl (C=O) groups is 2. The van der Waals surface area contributed by atoms with Gasteiger partial charge < -0.3 is 19.6 Å². The molecule has 0 bridgehead atoms. The van der Waals surface area contributed by atoms with Gasteiger partial charge in [-0.15, -0.1) is 0 Å². The van der Waals surface area contributed by atoms with Gasteiger partial charge >= 0.3 is 5.97 Å². The Morgan fingerprint density at radius 3 is 2.48 bits per heavy atom. The summed E-state index contributed by atoms with van der Waals surface area (Å²) in [6.45, 7) is 1.74. The highest BCUT2D eigenvalue weighted by Gasteiger charge is 2.27. The first-order chi connectivity index (χ1) is 12.0. The summed E-state index contributed by atoms with van der Waals surface area (Å²) >= 11 is 0. The molecule has 0 spiro atoms. The highest BCUT2D eigenvalue weighted by atomic mass is 16.6. The summed E-state index contributed by atoms with van der Waals surface area (Å²) in [4.78, 5) is 24.2. The Labute approximate surface area is 144 Å². The van der Waals surface area contributed by atoms with E-state index in [9.17, 15) is 9.59 Å². The predicted octanol–water partition coefficient (Wildman–Crippen LogP) is 3.13. The number of rotatable bonds is 5. The molecule has 0 aliphatic rings. The number of hydrogen-bond acceptors (Lipinski definition) is 5. The molecule has 0 radical (unpaired) electrons. The minimum absolute atomic E-state index is 0.0328. The zero-order chi connectivity index (χ0) is 18.0. The minimum atomic E-state index is -1.18. The summed E-state index contributed by atoms with van der Waals surface area (Å²) in [7, 11) is 1.56. The predicted molar refractivity (Wildman–Crippen MR) is 91.3 cm³/mol. The van der Waals surface area contributed by atoms with Gasteiger partial charge in [0.05, 0.1) is 7.11 Å². The van der Waals surface area contributed by atoms with Crippen LogP contribution in [0.15, 0.2) is 52.9 Å². The molecule has 1 amide bonds. The van der Waals surface area contributed by atoms with Gasteiger partial charge in [-0.05, 0) is 25.1 Å². The zero-order valence-electron chi connectivity index (χ0n) is 13.8. The topological polar surface area (TPSA) is 91.8 Å². The maximum atomic E-state index is 12.5. The first kappa shape index (κ1) is 16.6. The molecule has 1 aromatic heterocycles. The summed E-state index contributed by atoms with van der Waals surface area (Å²) in [6.07, 6.45) is -1.18. The van der Waals surface area contributed by atoms with E-state index < -0.39 is 18.0 Å². The van der Waals surface area contributed by atoms with E-state index in [2.05, 4.69) is 0 Å². The van der Waals surface area contributed by atoms with Crippen LogP contribution >= 0.6 is 0 Å². The lowest BCUT2D eigenvalue weighted by Crippen LogP contribution is -2.26. The van der Waals surface area contributed by atoms with Crippen LogP contribution in [-0.2, 0) is 9.53 Å². The first-order valence-electron chi connectivity index (χ1n) is 7.63. The van der Waals surface area contributed by atoms with E-state index in [0.717, 1.165) is 5.39 Å². The largest absolute Gasteiger partial charge is 0.497 e. The molecule has 0 saturated heterocycles. The number of hydrogen-bond donors (Lipinski definition) is 1. The number of nitrogens with two attached hydrogens (primary N) is 1. The fourth-order valence-corrected chi connectivity index (χ4v) is 2.60. The fraction of sp³-hybridized carbons (Fsp3) is 0.158. The standard InChI is InChI=1S/C19H17NO5/c1-11-14-10-13(23-2)8-9-15(14)24-16(11)19(22)25-17(18(20)21)12-6-4-3-5-7-12/h3-10,17H,1-2H3,(H2,20,21)/t17-/m1/s1. The molecule has 1 heterocycles. The van der Waals surface area contributed by atoms with Gasteiger partial charge in [-0.1, -0.05) is 30.3 Å². The second-order valence-corrected chi connectivity index (χ2v) is 5.52. The smallest absolute Gasteiger partial charge is 0.375 e. The van der Waals surface area contributed by atoms with Crippen molar-refractivity contribution in [1.82, 2.24) is 0 Å². The SMILES string of the molecule is COc1ccc2oc(C(=O)O[C@@H](C(N)=O)c3ccccc3)c(C)c2c1. The van der Waals surface area contributed by atoms with E-state index in [4.69, 9.17) is 19.6 Å².